The van der Waals surface area contributed by atoms with Crippen LogP contribution in [0.15, 0.2) is 42.5 Å². The summed E-state index contributed by atoms with van der Waals surface area (Å²) in [5, 5.41) is 3.91. The van der Waals surface area contributed by atoms with Gasteiger partial charge in [0.15, 0.2) is 5.13 Å². The third-order valence-corrected chi connectivity index (χ3v) is 4.30. The van der Waals surface area contributed by atoms with Gasteiger partial charge < -0.3 is 4.74 Å². The van der Waals surface area contributed by atoms with Crippen LogP contribution in [0.1, 0.15) is 24.2 Å². The lowest BCUT2D eigenvalue weighted by molar-refractivity contribution is 0.102. The molecule has 0 unspecified atom stereocenters. The molecule has 0 aliphatic rings. The molecule has 4 nitrogen and oxygen atoms in total. The first-order chi connectivity index (χ1) is 11.0. The van der Waals surface area contributed by atoms with Gasteiger partial charge in [-0.05, 0) is 44.2 Å². The van der Waals surface area contributed by atoms with Crippen molar-refractivity contribution < 1.29 is 9.53 Å². The van der Waals surface area contributed by atoms with Crippen molar-refractivity contribution in [1.82, 2.24) is 4.98 Å². The van der Waals surface area contributed by atoms with Crippen molar-refractivity contribution in [2.45, 2.75) is 20.0 Å². The fourth-order valence-electron chi connectivity index (χ4n) is 2.12. The molecule has 0 radical (unpaired) electrons. The monoisotopic (exact) mass is 346 g/mol. The number of aromatic nitrogens is 1. The van der Waals surface area contributed by atoms with Crippen molar-refractivity contribution in [3.8, 4) is 5.75 Å². The Morgan fingerprint density at radius 2 is 2.04 bits per heavy atom. The average Bonchev–Trinajstić information content (AvgIpc) is 2.91. The number of nitrogens with zero attached hydrogens (tertiary/aromatic N) is 1. The number of anilines is 1. The number of thiazole rings is 1. The molecule has 0 saturated carbocycles. The molecule has 23 heavy (non-hydrogen) atoms. The van der Waals surface area contributed by atoms with E-state index in [9.17, 15) is 4.79 Å². The number of fused-ring (bicyclic) bond motifs is 1. The van der Waals surface area contributed by atoms with Gasteiger partial charge in [0.25, 0.3) is 5.91 Å². The number of para-hydroxylation sites is 1. The van der Waals surface area contributed by atoms with Crippen molar-refractivity contribution in [2.24, 2.45) is 0 Å². The Morgan fingerprint density at radius 1 is 1.26 bits per heavy atom. The molecular weight excluding hydrogens is 332 g/mol. The highest BCUT2D eigenvalue weighted by atomic mass is 35.5. The summed E-state index contributed by atoms with van der Waals surface area (Å²) in [6, 6.07) is 12.6. The smallest absolute Gasteiger partial charge is 0.257 e. The van der Waals surface area contributed by atoms with Crippen LogP contribution in [0.3, 0.4) is 0 Å². The molecule has 0 saturated heterocycles. The number of halogens is 1. The van der Waals surface area contributed by atoms with Crippen molar-refractivity contribution in [2.75, 3.05) is 5.32 Å². The zero-order valence-corrected chi connectivity index (χ0v) is 14.2. The van der Waals surface area contributed by atoms with E-state index >= 15 is 0 Å². The predicted molar refractivity (Wildman–Crippen MR) is 94.8 cm³/mol. The normalized spacial score (nSPS) is 11.0. The number of ether oxygens (including phenoxy) is 1. The molecule has 3 rings (SSSR count). The molecular formula is C17H15ClN2O2S. The maximum Gasteiger partial charge on any atom is 0.257 e. The molecule has 6 heteroatoms. The molecule has 3 aromatic rings. The second kappa shape index (κ2) is 6.56. The molecule has 1 heterocycles. The molecule has 118 valence electrons. The third-order valence-electron chi connectivity index (χ3n) is 3.06. The molecule has 0 aliphatic carbocycles. The molecule has 0 aliphatic heterocycles. The van der Waals surface area contributed by atoms with Crippen LogP contribution in [-0.2, 0) is 0 Å². The lowest BCUT2D eigenvalue weighted by Gasteiger charge is -2.10. The minimum Gasteiger partial charge on any atom is -0.491 e. The molecule has 2 aromatic carbocycles. The Hall–Kier alpha value is -2.11. The van der Waals surface area contributed by atoms with E-state index < -0.39 is 0 Å². The van der Waals surface area contributed by atoms with Gasteiger partial charge in [0, 0.05) is 5.56 Å². The highest BCUT2D eigenvalue weighted by Crippen LogP contribution is 2.30. The Balaban J connectivity index is 1.81. The number of carbonyl (C=O) groups is 1. The van der Waals surface area contributed by atoms with Gasteiger partial charge in [0.05, 0.1) is 15.8 Å². The van der Waals surface area contributed by atoms with Crippen molar-refractivity contribution in [1.29, 1.82) is 0 Å². The summed E-state index contributed by atoms with van der Waals surface area (Å²) in [6.07, 6.45) is 0.0553. The quantitative estimate of drug-likeness (QED) is 0.724. The number of hydrogen-bond acceptors (Lipinski definition) is 4. The first-order valence-corrected chi connectivity index (χ1v) is 8.35. The minimum absolute atomic E-state index is 0.0553. The number of hydrogen-bond donors (Lipinski definition) is 1. The van der Waals surface area contributed by atoms with E-state index in [4.69, 9.17) is 16.3 Å². The highest BCUT2D eigenvalue weighted by Gasteiger charge is 2.12. The predicted octanol–water partition coefficient (Wildman–Crippen LogP) is 4.99. The molecule has 1 amide bonds. The second-order valence-corrected chi connectivity index (χ2v) is 6.69. The topological polar surface area (TPSA) is 51.2 Å². The lowest BCUT2D eigenvalue weighted by Crippen LogP contribution is -2.12. The summed E-state index contributed by atoms with van der Waals surface area (Å²) in [4.78, 5) is 16.8. The van der Waals surface area contributed by atoms with E-state index in [0.29, 0.717) is 27.0 Å². The molecule has 0 spiro atoms. The van der Waals surface area contributed by atoms with E-state index in [1.165, 1.54) is 11.3 Å². The zero-order valence-electron chi connectivity index (χ0n) is 12.7. The SMILES string of the molecule is CC(C)Oc1cccc(C(=O)Nc2nc3c(Cl)cccc3s2)c1. The van der Waals surface area contributed by atoms with Crippen LogP contribution in [0.2, 0.25) is 5.02 Å². The summed E-state index contributed by atoms with van der Waals surface area (Å²) in [7, 11) is 0. The van der Waals surface area contributed by atoms with Gasteiger partial charge in [0.1, 0.15) is 11.3 Å². The maximum absolute atomic E-state index is 12.4. The molecule has 1 N–H and O–H groups in total. The Labute approximate surface area is 143 Å². The summed E-state index contributed by atoms with van der Waals surface area (Å²) in [6.45, 7) is 3.88. The third kappa shape index (κ3) is 3.63. The average molecular weight is 347 g/mol. The fourth-order valence-corrected chi connectivity index (χ4v) is 3.28. The van der Waals surface area contributed by atoms with Crippen LogP contribution >= 0.6 is 22.9 Å². The van der Waals surface area contributed by atoms with E-state index in [2.05, 4.69) is 10.3 Å². The van der Waals surface area contributed by atoms with Gasteiger partial charge in [0.2, 0.25) is 0 Å². The van der Waals surface area contributed by atoms with E-state index in [1.807, 2.05) is 32.0 Å². The molecule has 0 bridgehead atoms. The largest absolute Gasteiger partial charge is 0.491 e. The van der Waals surface area contributed by atoms with E-state index in [-0.39, 0.29) is 12.0 Å². The van der Waals surface area contributed by atoms with Gasteiger partial charge in [-0.25, -0.2) is 4.98 Å². The van der Waals surface area contributed by atoms with Crippen LogP contribution in [0, 0.1) is 0 Å². The zero-order chi connectivity index (χ0) is 16.4. The molecule has 1 aromatic heterocycles. The van der Waals surface area contributed by atoms with Crippen LogP contribution in [0.25, 0.3) is 10.2 Å². The van der Waals surface area contributed by atoms with Crippen LogP contribution in [0.4, 0.5) is 5.13 Å². The molecule has 0 fully saturated rings. The van der Waals surface area contributed by atoms with Crippen LogP contribution in [-0.4, -0.2) is 17.0 Å². The summed E-state index contributed by atoms with van der Waals surface area (Å²) < 4.78 is 6.54. The van der Waals surface area contributed by atoms with Crippen molar-refractivity contribution in [3.63, 3.8) is 0 Å². The van der Waals surface area contributed by atoms with Crippen molar-refractivity contribution in [3.05, 3.63) is 53.1 Å². The second-order valence-electron chi connectivity index (χ2n) is 5.25. The first-order valence-electron chi connectivity index (χ1n) is 7.16. The van der Waals surface area contributed by atoms with E-state index in [1.54, 1.807) is 24.3 Å². The van der Waals surface area contributed by atoms with Gasteiger partial charge in [-0.15, -0.1) is 0 Å². The number of benzene rings is 2. The molecule has 0 atom stereocenters. The number of amides is 1. The highest BCUT2D eigenvalue weighted by molar-refractivity contribution is 7.22. The first kappa shape index (κ1) is 15.8. The summed E-state index contributed by atoms with van der Waals surface area (Å²) in [5.41, 5.74) is 1.22. The van der Waals surface area contributed by atoms with Crippen LogP contribution in [0.5, 0.6) is 5.75 Å². The summed E-state index contributed by atoms with van der Waals surface area (Å²) in [5.74, 6) is 0.439. The van der Waals surface area contributed by atoms with Gasteiger partial charge in [-0.1, -0.05) is 35.1 Å². The van der Waals surface area contributed by atoms with Crippen LogP contribution < -0.4 is 10.1 Å². The fraction of sp³-hybridized carbons (Fsp3) is 0.176. The maximum atomic E-state index is 12.4. The lowest BCUT2D eigenvalue weighted by atomic mass is 10.2. The minimum atomic E-state index is -0.227. The van der Waals surface area contributed by atoms with Crippen molar-refractivity contribution >= 4 is 44.2 Å². The Bertz CT molecular complexity index is 861. The standard InChI is InChI=1S/C17H15ClN2O2S/c1-10(2)22-12-6-3-5-11(9-12)16(21)20-17-19-15-13(18)7-4-8-14(15)23-17/h3-10H,1-2H3,(H,19,20,21). The van der Waals surface area contributed by atoms with Gasteiger partial charge in [-0.2, -0.15) is 0 Å². The van der Waals surface area contributed by atoms with Gasteiger partial charge in [-0.3, -0.25) is 10.1 Å². The Morgan fingerprint density at radius 3 is 2.78 bits per heavy atom. The number of nitrogens with one attached hydrogen (secondary N) is 1. The van der Waals surface area contributed by atoms with Gasteiger partial charge >= 0.3 is 0 Å². The number of rotatable bonds is 4. The number of carbonyl (C=O) groups excluding carboxylic acids is 1. The van der Waals surface area contributed by atoms with E-state index in [0.717, 1.165) is 4.70 Å². The Kier molecular flexibility index (Phi) is 4.50. The summed E-state index contributed by atoms with van der Waals surface area (Å²) >= 11 is 7.50.